The minimum atomic E-state index is -3.54. The minimum Gasteiger partial charge on any atom is -0.361 e. The molecule has 1 aliphatic rings. The smallest absolute Gasteiger partial charge is 0.222 e. The van der Waals surface area contributed by atoms with Gasteiger partial charge in [-0.25, -0.2) is 12.8 Å². The number of hydrogen-bond acceptors (Lipinski definition) is 5. The summed E-state index contributed by atoms with van der Waals surface area (Å²) < 4.78 is 42.9. The third kappa shape index (κ3) is 3.44. The van der Waals surface area contributed by atoms with Crippen molar-refractivity contribution in [3.05, 3.63) is 47.1 Å². The fraction of sp³-hybridized carbons (Fsp3) is 0.412. The van der Waals surface area contributed by atoms with Gasteiger partial charge in [-0.15, -0.1) is 0 Å². The largest absolute Gasteiger partial charge is 0.361 e. The zero-order chi connectivity index (χ0) is 18.2. The van der Waals surface area contributed by atoms with Crippen molar-refractivity contribution in [1.82, 2.24) is 10.1 Å². The Bertz CT molecular complexity index is 864. The molecule has 0 radical (unpaired) electrons. The topological polar surface area (TPSA) is 80.5 Å². The number of carbonyl (C=O) groups excluding carboxylic acids is 1. The predicted molar refractivity (Wildman–Crippen MR) is 88.3 cm³/mol. The number of benzene rings is 1. The summed E-state index contributed by atoms with van der Waals surface area (Å²) in [5, 5.41) is 3.21. The second-order valence-corrected chi connectivity index (χ2v) is 8.45. The lowest BCUT2D eigenvalue weighted by Gasteiger charge is -2.38. The molecule has 2 heterocycles. The van der Waals surface area contributed by atoms with E-state index in [-0.39, 0.29) is 30.3 Å². The maximum Gasteiger partial charge on any atom is 0.222 e. The molecule has 0 unspecified atom stereocenters. The third-order valence-electron chi connectivity index (χ3n) is 4.55. The molecule has 134 valence electrons. The number of hydrogen-bond donors (Lipinski definition) is 0. The zero-order valence-electron chi connectivity index (χ0n) is 14.0. The van der Waals surface area contributed by atoms with Crippen molar-refractivity contribution in [1.29, 1.82) is 0 Å². The molecule has 8 heteroatoms. The van der Waals surface area contributed by atoms with E-state index in [1.165, 1.54) is 17.0 Å². The molecule has 25 heavy (non-hydrogen) atoms. The SMILES string of the molecule is Cc1noc(C)c1CCC(=O)N1CC(S(=O)(=O)c2ccc(F)cc2)C1. The number of carbonyl (C=O) groups is 1. The van der Waals surface area contributed by atoms with Crippen molar-refractivity contribution >= 4 is 15.7 Å². The lowest BCUT2D eigenvalue weighted by Crippen LogP contribution is -2.56. The lowest BCUT2D eigenvalue weighted by atomic mass is 10.1. The van der Waals surface area contributed by atoms with E-state index in [2.05, 4.69) is 5.16 Å². The Kier molecular flexibility index (Phi) is 4.64. The van der Waals surface area contributed by atoms with Gasteiger partial charge in [0.1, 0.15) is 16.8 Å². The Balaban J connectivity index is 1.56. The number of amides is 1. The van der Waals surface area contributed by atoms with Crippen molar-refractivity contribution < 1.29 is 22.1 Å². The van der Waals surface area contributed by atoms with Crippen LogP contribution in [0.15, 0.2) is 33.7 Å². The van der Waals surface area contributed by atoms with Gasteiger partial charge in [0.15, 0.2) is 9.84 Å². The van der Waals surface area contributed by atoms with Gasteiger partial charge in [0, 0.05) is 25.1 Å². The van der Waals surface area contributed by atoms with Crippen LogP contribution in [-0.4, -0.2) is 42.7 Å². The second kappa shape index (κ2) is 6.59. The standard InChI is InChI=1S/C17H19FN2O4S/c1-11-16(12(2)24-19-11)7-8-17(21)20-9-15(10-20)25(22,23)14-5-3-13(18)4-6-14/h3-6,15H,7-10H2,1-2H3. The van der Waals surface area contributed by atoms with E-state index in [0.717, 1.165) is 23.4 Å². The lowest BCUT2D eigenvalue weighted by molar-refractivity contribution is -0.134. The Labute approximate surface area is 145 Å². The monoisotopic (exact) mass is 366 g/mol. The molecular weight excluding hydrogens is 347 g/mol. The Hall–Kier alpha value is -2.22. The van der Waals surface area contributed by atoms with Crippen LogP contribution >= 0.6 is 0 Å². The van der Waals surface area contributed by atoms with Crippen molar-refractivity contribution in [2.24, 2.45) is 0 Å². The number of nitrogens with zero attached hydrogens (tertiary/aromatic N) is 2. The first-order valence-electron chi connectivity index (χ1n) is 7.98. The van der Waals surface area contributed by atoms with Crippen LogP contribution in [0.4, 0.5) is 4.39 Å². The van der Waals surface area contributed by atoms with E-state index in [0.29, 0.717) is 12.2 Å². The molecule has 1 aromatic carbocycles. The minimum absolute atomic E-state index is 0.0849. The van der Waals surface area contributed by atoms with Gasteiger partial charge in [-0.1, -0.05) is 5.16 Å². The van der Waals surface area contributed by atoms with E-state index in [9.17, 15) is 17.6 Å². The number of aryl methyl sites for hydroxylation is 2. The summed E-state index contributed by atoms with van der Waals surface area (Å²) in [5.74, 6) is 0.125. The molecule has 1 fully saturated rings. The van der Waals surface area contributed by atoms with Gasteiger partial charge in [-0.2, -0.15) is 0 Å². The van der Waals surface area contributed by atoms with Gasteiger partial charge in [-0.05, 0) is 44.5 Å². The van der Waals surface area contributed by atoms with Crippen molar-refractivity contribution in [3.8, 4) is 0 Å². The molecule has 6 nitrogen and oxygen atoms in total. The molecule has 0 atom stereocenters. The van der Waals surface area contributed by atoms with Crippen LogP contribution in [-0.2, 0) is 21.1 Å². The number of aromatic nitrogens is 1. The van der Waals surface area contributed by atoms with Crippen LogP contribution in [0.5, 0.6) is 0 Å². The van der Waals surface area contributed by atoms with Gasteiger partial charge in [0.25, 0.3) is 0 Å². The summed E-state index contributed by atoms with van der Waals surface area (Å²) in [6, 6.07) is 4.76. The molecular formula is C17H19FN2O4S. The summed E-state index contributed by atoms with van der Waals surface area (Å²) in [4.78, 5) is 13.8. The first kappa shape index (κ1) is 17.6. The van der Waals surface area contributed by atoms with Crippen molar-refractivity contribution in [2.45, 2.75) is 36.8 Å². The van der Waals surface area contributed by atoms with Crippen LogP contribution in [0.25, 0.3) is 0 Å². The van der Waals surface area contributed by atoms with E-state index in [1.54, 1.807) is 6.92 Å². The van der Waals surface area contributed by atoms with E-state index < -0.39 is 20.9 Å². The number of halogens is 1. The van der Waals surface area contributed by atoms with Crippen LogP contribution < -0.4 is 0 Å². The molecule has 1 aliphatic heterocycles. The number of likely N-dealkylation sites (tertiary alicyclic amines) is 1. The summed E-state index contributed by atoms with van der Waals surface area (Å²) in [7, 11) is -3.54. The average molecular weight is 366 g/mol. The molecule has 0 saturated carbocycles. The molecule has 0 aliphatic carbocycles. The molecule has 0 spiro atoms. The van der Waals surface area contributed by atoms with Crippen molar-refractivity contribution in [3.63, 3.8) is 0 Å². The maximum absolute atomic E-state index is 12.9. The number of sulfone groups is 1. The average Bonchev–Trinajstić information content (AvgIpc) is 2.82. The fourth-order valence-electron chi connectivity index (χ4n) is 2.90. The highest BCUT2D eigenvalue weighted by atomic mass is 32.2. The summed E-state index contributed by atoms with van der Waals surface area (Å²) in [6.45, 7) is 3.96. The van der Waals surface area contributed by atoms with E-state index in [1.807, 2.05) is 6.92 Å². The molecule has 3 rings (SSSR count). The first-order chi connectivity index (χ1) is 11.8. The number of rotatable bonds is 5. The maximum atomic E-state index is 12.9. The van der Waals surface area contributed by atoms with E-state index in [4.69, 9.17) is 4.52 Å². The quantitative estimate of drug-likeness (QED) is 0.757. The van der Waals surface area contributed by atoms with Gasteiger partial charge >= 0.3 is 0 Å². The van der Waals surface area contributed by atoms with Gasteiger partial charge in [0.05, 0.1) is 10.6 Å². The van der Waals surface area contributed by atoms with Crippen LogP contribution in [0.2, 0.25) is 0 Å². The Morgan fingerprint density at radius 2 is 1.92 bits per heavy atom. The summed E-state index contributed by atoms with van der Waals surface area (Å²) in [6.07, 6.45) is 0.804. The second-order valence-electron chi connectivity index (χ2n) is 6.22. The third-order valence-corrected chi connectivity index (χ3v) is 6.66. The van der Waals surface area contributed by atoms with Crippen LogP contribution in [0.3, 0.4) is 0 Å². The van der Waals surface area contributed by atoms with Crippen LogP contribution in [0, 0.1) is 19.7 Å². The Morgan fingerprint density at radius 3 is 2.48 bits per heavy atom. The van der Waals surface area contributed by atoms with Gasteiger partial charge < -0.3 is 9.42 Å². The first-order valence-corrected chi connectivity index (χ1v) is 9.52. The predicted octanol–water partition coefficient (Wildman–Crippen LogP) is 2.05. The van der Waals surface area contributed by atoms with E-state index >= 15 is 0 Å². The van der Waals surface area contributed by atoms with Gasteiger partial charge in [0.2, 0.25) is 5.91 Å². The highest BCUT2D eigenvalue weighted by molar-refractivity contribution is 7.92. The molecule has 1 amide bonds. The zero-order valence-corrected chi connectivity index (χ0v) is 14.8. The van der Waals surface area contributed by atoms with Crippen molar-refractivity contribution in [2.75, 3.05) is 13.1 Å². The normalized spacial score (nSPS) is 15.2. The summed E-state index contributed by atoms with van der Waals surface area (Å²) in [5.41, 5.74) is 1.69. The molecule has 2 aromatic rings. The Morgan fingerprint density at radius 1 is 1.28 bits per heavy atom. The highest BCUT2D eigenvalue weighted by Gasteiger charge is 2.40. The molecule has 1 saturated heterocycles. The highest BCUT2D eigenvalue weighted by Crippen LogP contribution is 2.25. The van der Waals surface area contributed by atoms with Crippen LogP contribution in [0.1, 0.15) is 23.4 Å². The fourth-order valence-corrected chi connectivity index (χ4v) is 4.56. The molecule has 1 aromatic heterocycles. The summed E-state index contributed by atoms with van der Waals surface area (Å²) >= 11 is 0. The van der Waals surface area contributed by atoms with Gasteiger partial charge in [-0.3, -0.25) is 4.79 Å². The molecule has 0 N–H and O–H groups in total. The molecule has 0 bridgehead atoms.